The Morgan fingerprint density at radius 2 is 2.16 bits per heavy atom. The number of halogens is 1. The Hall–Kier alpha value is -1.33. The molecule has 0 heterocycles. The quantitative estimate of drug-likeness (QED) is 0.666. The summed E-state index contributed by atoms with van der Waals surface area (Å²) in [6, 6.07) is 4.72. The van der Waals surface area contributed by atoms with E-state index in [1.54, 1.807) is 12.1 Å². The van der Waals surface area contributed by atoms with Crippen molar-refractivity contribution < 1.29 is 9.66 Å². The number of nitrogens with two attached hydrogens (primary N) is 1. The number of ether oxygens (including phenoxy) is 1. The second kappa shape index (κ2) is 6.21. The molecule has 2 atom stereocenters. The van der Waals surface area contributed by atoms with Crippen molar-refractivity contribution in [3.63, 3.8) is 0 Å². The molecule has 6 heteroatoms. The highest BCUT2D eigenvalue weighted by Gasteiger charge is 2.28. The molecular weight excluding hydrogens is 268 g/mol. The Morgan fingerprint density at radius 3 is 2.84 bits per heavy atom. The average molecular weight is 285 g/mol. The number of para-hydroxylation sites is 1. The highest BCUT2D eigenvalue weighted by Crippen LogP contribution is 2.36. The molecule has 2 unspecified atom stereocenters. The molecule has 1 aromatic carbocycles. The second-order valence-electron chi connectivity index (χ2n) is 4.84. The van der Waals surface area contributed by atoms with E-state index in [1.807, 2.05) is 0 Å². The fourth-order valence-electron chi connectivity index (χ4n) is 2.63. The van der Waals surface area contributed by atoms with Crippen LogP contribution in [0.1, 0.15) is 19.3 Å². The lowest BCUT2D eigenvalue weighted by molar-refractivity contribution is -0.385. The van der Waals surface area contributed by atoms with Crippen LogP contribution in [0.2, 0.25) is 5.02 Å². The maximum absolute atomic E-state index is 11.0. The van der Waals surface area contributed by atoms with E-state index in [0.29, 0.717) is 25.0 Å². The number of hydrogen-bond acceptors (Lipinski definition) is 4. The Morgan fingerprint density at radius 1 is 1.42 bits per heavy atom. The highest BCUT2D eigenvalue weighted by atomic mass is 35.5. The van der Waals surface area contributed by atoms with Crippen LogP contribution in [0.15, 0.2) is 18.2 Å². The van der Waals surface area contributed by atoms with Gasteiger partial charge in [0.25, 0.3) is 0 Å². The zero-order valence-corrected chi connectivity index (χ0v) is 11.3. The zero-order valence-electron chi connectivity index (χ0n) is 10.5. The maximum Gasteiger partial charge on any atom is 0.329 e. The summed E-state index contributed by atoms with van der Waals surface area (Å²) >= 11 is 5.83. The number of benzene rings is 1. The third kappa shape index (κ3) is 3.16. The number of nitrogens with zero attached hydrogens (tertiary/aromatic N) is 1. The summed E-state index contributed by atoms with van der Waals surface area (Å²) in [7, 11) is 0. The minimum atomic E-state index is -0.507. The largest absolute Gasteiger partial charge is 0.486 e. The molecule has 19 heavy (non-hydrogen) atoms. The lowest BCUT2D eigenvalue weighted by atomic mass is 9.97. The SMILES string of the molecule is NCC1CCCC1COc1cccc(Cl)c1[N+](=O)[O-]. The van der Waals surface area contributed by atoms with Crippen molar-refractivity contribution >= 4 is 17.3 Å². The van der Waals surface area contributed by atoms with E-state index in [1.165, 1.54) is 6.07 Å². The van der Waals surface area contributed by atoms with E-state index in [9.17, 15) is 10.1 Å². The Balaban J connectivity index is 2.07. The first-order chi connectivity index (χ1) is 9.13. The average Bonchev–Trinajstić information content (AvgIpc) is 2.83. The van der Waals surface area contributed by atoms with Gasteiger partial charge < -0.3 is 10.5 Å². The van der Waals surface area contributed by atoms with Crippen molar-refractivity contribution in [3.05, 3.63) is 33.3 Å². The number of nitro groups is 1. The third-order valence-electron chi connectivity index (χ3n) is 3.70. The van der Waals surface area contributed by atoms with Gasteiger partial charge in [0.2, 0.25) is 0 Å². The van der Waals surface area contributed by atoms with Crippen molar-refractivity contribution in [2.24, 2.45) is 17.6 Å². The summed E-state index contributed by atoms with van der Waals surface area (Å²) in [5.41, 5.74) is 5.55. The van der Waals surface area contributed by atoms with Crippen molar-refractivity contribution in [2.75, 3.05) is 13.2 Å². The minimum Gasteiger partial charge on any atom is -0.486 e. The Labute approximate surface area is 116 Å². The molecule has 5 nitrogen and oxygen atoms in total. The van der Waals surface area contributed by atoms with Crippen LogP contribution in [-0.4, -0.2) is 18.1 Å². The van der Waals surface area contributed by atoms with Gasteiger partial charge >= 0.3 is 5.69 Å². The second-order valence-corrected chi connectivity index (χ2v) is 5.25. The molecule has 0 aliphatic heterocycles. The molecule has 0 spiro atoms. The maximum atomic E-state index is 11.0. The van der Waals surface area contributed by atoms with Gasteiger partial charge in [0.15, 0.2) is 5.75 Å². The van der Waals surface area contributed by atoms with Gasteiger partial charge in [-0.25, -0.2) is 0 Å². The first-order valence-electron chi connectivity index (χ1n) is 6.39. The predicted octanol–water partition coefficient (Wildman–Crippen LogP) is 3.00. The Bertz CT molecular complexity index is 467. The Kier molecular flexibility index (Phi) is 4.61. The fourth-order valence-corrected chi connectivity index (χ4v) is 2.86. The van der Waals surface area contributed by atoms with Gasteiger partial charge in [-0.2, -0.15) is 0 Å². The van der Waals surface area contributed by atoms with Gasteiger partial charge in [-0.3, -0.25) is 10.1 Å². The summed E-state index contributed by atoms with van der Waals surface area (Å²) in [6.07, 6.45) is 3.33. The van der Waals surface area contributed by atoms with Crippen LogP contribution in [0.25, 0.3) is 0 Å². The van der Waals surface area contributed by atoms with Crippen molar-refractivity contribution in [1.82, 2.24) is 0 Å². The molecule has 0 amide bonds. The van der Waals surface area contributed by atoms with E-state index in [2.05, 4.69) is 0 Å². The third-order valence-corrected chi connectivity index (χ3v) is 4.01. The summed E-state index contributed by atoms with van der Waals surface area (Å²) in [5, 5.41) is 11.1. The van der Waals surface area contributed by atoms with Gasteiger partial charge in [0.05, 0.1) is 11.5 Å². The molecule has 1 aliphatic rings. The number of hydrogen-bond donors (Lipinski definition) is 1. The van der Waals surface area contributed by atoms with Gasteiger partial charge in [-0.15, -0.1) is 0 Å². The van der Waals surface area contributed by atoms with Crippen LogP contribution < -0.4 is 10.5 Å². The lowest BCUT2D eigenvalue weighted by Crippen LogP contribution is -2.23. The normalized spacial score (nSPS) is 22.4. The lowest BCUT2D eigenvalue weighted by Gasteiger charge is -2.18. The highest BCUT2D eigenvalue weighted by molar-refractivity contribution is 6.32. The van der Waals surface area contributed by atoms with E-state index < -0.39 is 4.92 Å². The smallest absolute Gasteiger partial charge is 0.329 e. The molecule has 0 saturated heterocycles. The van der Waals surface area contributed by atoms with Crippen LogP contribution in [-0.2, 0) is 0 Å². The summed E-state index contributed by atoms with van der Waals surface area (Å²) in [6.45, 7) is 1.11. The van der Waals surface area contributed by atoms with Crippen LogP contribution in [0, 0.1) is 22.0 Å². The molecular formula is C13H17ClN2O3. The number of nitro benzene ring substituents is 1. The van der Waals surface area contributed by atoms with Gasteiger partial charge in [0.1, 0.15) is 5.02 Å². The summed E-state index contributed by atoms with van der Waals surface area (Å²) in [4.78, 5) is 10.5. The molecule has 1 fully saturated rings. The first kappa shape index (κ1) is 14.1. The van der Waals surface area contributed by atoms with Crippen LogP contribution in [0.3, 0.4) is 0 Å². The van der Waals surface area contributed by atoms with E-state index in [0.717, 1.165) is 19.3 Å². The van der Waals surface area contributed by atoms with Gasteiger partial charge in [-0.1, -0.05) is 24.1 Å². The molecule has 1 saturated carbocycles. The van der Waals surface area contributed by atoms with Crippen molar-refractivity contribution in [1.29, 1.82) is 0 Å². The van der Waals surface area contributed by atoms with E-state index in [-0.39, 0.29) is 16.5 Å². The molecule has 1 aliphatic carbocycles. The first-order valence-corrected chi connectivity index (χ1v) is 6.77. The zero-order chi connectivity index (χ0) is 13.8. The molecule has 104 valence electrons. The monoisotopic (exact) mass is 284 g/mol. The number of rotatable bonds is 5. The predicted molar refractivity (Wildman–Crippen MR) is 73.5 cm³/mol. The van der Waals surface area contributed by atoms with Gasteiger partial charge in [-0.05, 0) is 43.4 Å². The molecule has 2 N–H and O–H groups in total. The topological polar surface area (TPSA) is 78.4 Å². The van der Waals surface area contributed by atoms with Crippen LogP contribution in [0.5, 0.6) is 5.75 Å². The molecule has 0 radical (unpaired) electrons. The molecule has 2 rings (SSSR count). The van der Waals surface area contributed by atoms with Gasteiger partial charge in [0, 0.05) is 0 Å². The van der Waals surface area contributed by atoms with Crippen LogP contribution in [0.4, 0.5) is 5.69 Å². The van der Waals surface area contributed by atoms with E-state index in [4.69, 9.17) is 22.1 Å². The summed E-state index contributed by atoms with van der Waals surface area (Å²) < 4.78 is 5.61. The standard InChI is InChI=1S/C13H17ClN2O3/c14-11-5-2-6-12(13(11)16(17)18)19-8-10-4-1-3-9(10)7-15/h2,5-6,9-10H,1,3-4,7-8,15H2. The minimum absolute atomic E-state index is 0.101. The molecule has 0 bridgehead atoms. The van der Waals surface area contributed by atoms with E-state index >= 15 is 0 Å². The molecule has 1 aromatic rings. The van der Waals surface area contributed by atoms with Crippen LogP contribution >= 0.6 is 11.6 Å². The summed E-state index contributed by atoms with van der Waals surface area (Å²) in [5.74, 6) is 1.07. The molecule has 0 aromatic heterocycles. The van der Waals surface area contributed by atoms with Crippen molar-refractivity contribution in [2.45, 2.75) is 19.3 Å². The fraction of sp³-hybridized carbons (Fsp3) is 0.538. The van der Waals surface area contributed by atoms with Crippen molar-refractivity contribution in [3.8, 4) is 5.75 Å².